The molecule has 0 amide bonds. The number of benzene rings is 1. The number of hydrogen-bond donors (Lipinski definition) is 1. The van der Waals surface area contributed by atoms with E-state index in [2.05, 4.69) is 44.3 Å². The van der Waals surface area contributed by atoms with Gasteiger partial charge in [0.1, 0.15) is 0 Å². The Bertz CT molecular complexity index is 826. The van der Waals surface area contributed by atoms with Crippen LogP contribution in [-0.2, 0) is 17.7 Å². The molecule has 6 nitrogen and oxygen atoms in total. The van der Waals surface area contributed by atoms with E-state index in [0.29, 0.717) is 18.9 Å². The highest BCUT2D eigenvalue weighted by Crippen LogP contribution is 2.28. The molecule has 1 aromatic carbocycles. The van der Waals surface area contributed by atoms with Crippen LogP contribution >= 0.6 is 0 Å². The number of aromatic amines is 1. The van der Waals surface area contributed by atoms with Crippen LogP contribution in [0.3, 0.4) is 0 Å². The van der Waals surface area contributed by atoms with Crippen molar-refractivity contribution in [3.63, 3.8) is 0 Å². The first kappa shape index (κ1) is 16.3. The third kappa shape index (κ3) is 3.60. The van der Waals surface area contributed by atoms with Gasteiger partial charge in [-0.3, -0.25) is 4.90 Å². The molecule has 25 heavy (non-hydrogen) atoms. The molecule has 3 heterocycles. The van der Waals surface area contributed by atoms with E-state index in [1.54, 1.807) is 7.11 Å². The largest absolute Gasteiger partial charge is 0.384 e. The summed E-state index contributed by atoms with van der Waals surface area (Å²) in [6.45, 7) is 3.65. The van der Waals surface area contributed by atoms with Crippen LogP contribution in [0.4, 0.5) is 0 Å². The van der Waals surface area contributed by atoms with Crippen LogP contribution in [0.2, 0.25) is 0 Å². The molecule has 0 radical (unpaired) electrons. The summed E-state index contributed by atoms with van der Waals surface area (Å²) in [6.07, 6.45) is 4.97. The zero-order valence-electron chi connectivity index (χ0n) is 14.6. The molecule has 1 N–H and O–H groups in total. The highest BCUT2D eigenvalue weighted by molar-refractivity contribution is 5.82. The van der Waals surface area contributed by atoms with E-state index < -0.39 is 0 Å². The quantitative estimate of drug-likeness (QED) is 0.747. The molecule has 0 saturated carbocycles. The lowest BCUT2D eigenvalue weighted by molar-refractivity contribution is 0.180. The fourth-order valence-electron chi connectivity index (χ4n) is 3.66. The Hall–Kier alpha value is -2.18. The van der Waals surface area contributed by atoms with Gasteiger partial charge in [0.2, 0.25) is 5.89 Å². The molecular formula is C19H24N4O2. The highest BCUT2D eigenvalue weighted by atomic mass is 16.5. The van der Waals surface area contributed by atoms with Crippen molar-refractivity contribution in [1.82, 2.24) is 20.0 Å². The Morgan fingerprint density at radius 3 is 3.24 bits per heavy atom. The molecule has 6 heteroatoms. The molecular weight excluding hydrogens is 316 g/mol. The maximum atomic E-state index is 5.51. The predicted octanol–water partition coefficient (Wildman–Crippen LogP) is 3.12. The first-order valence-corrected chi connectivity index (χ1v) is 8.92. The molecule has 132 valence electrons. The van der Waals surface area contributed by atoms with Gasteiger partial charge in [-0.05, 0) is 37.1 Å². The number of piperidine rings is 1. The minimum atomic E-state index is 0.322. The number of fused-ring (bicyclic) bond motifs is 1. The molecule has 3 aromatic rings. The molecule has 1 aliphatic rings. The second-order valence-corrected chi connectivity index (χ2v) is 6.72. The standard InChI is InChI=1S/C19H24N4O2/c1-24-11-8-18-21-19(25-22-18)15-5-3-10-23(13-15)12-14-4-2-6-17-16(14)7-9-20-17/h2,4,6-7,9,15,20H,3,5,8,10-13H2,1H3. The van der Waals surface area contributed by atoms with Gasteiger partial charge in [0, 0.05) is 43.7 Å². The van der Waals surface area contributed by atoms with Crippen LogP contribution in [0.5, 0.6) is 0 Å². The number of rotatable bonds is 6. The van der Waals surface area contributed by atoms with Gasteiger partial charge in [-0.25, -0.2) is 0 Å². The predicted molar refractivity (Wildman–Crippen MR) is 95.4 cm³/mol. The fraction of sp³-hybridized carbons (Fsp3) is 0.474. The van der Waals surface area contributed by atoms with Gasteiger partial charge in [0.05, 0.1) is 12.5 Å². The van der Waals surface area contributed by atoms with E-state index in [4.69, 9.17) is 9.26 Å². The lowest BCUT2D eigenvalue weighted by Gasteiger charge is -2.31. The van der Waals surface area contributed by atoms with Crippen molar-refractivity contribution in [2.45, 2.75) is 31.7 Å². The van der Waals surface area contributed by atoms with Crippen molar-refractivity contribution >= 4 is 10.9 Å². The van der Waals surface area contributed by atoms with Gasteiger partial charge < -0.3 is 14.2 Å². The highest BCUT2D eigenvalue weighted by Gasteiger charge is 2.26. The van der Waals surface area contributed by atoms with E-state index in [9.17, 15) is 0 Å². The third-order valence-corrected chi connectivity index (χ3v) is 4.95. The van der Waals surface area contributed by atoms with Gasteiger partial charge in [0.25, 0.3) is 0 Å². The zero-order chi connectivity index (χ0) is 17.1. The number of nitrogens with zero attached hydrogens (tertiary/aromatic N) is 3. The molecule has 1 atom stereocenters. The normalized spacial score (nSPS) is 18.8. The topological polar surface area (TPSA) is 67.2 Å². The number of nitrogens with one attached hydrogen (secondary N) is 1. The Balaban J connectivity index is 1.44. The SMILES string of the molecule is COCCc1noc(C2CCCN(Cc3cccc4[nH]ccc34)C2)n1. The van der Waals surface area contributed by atoms with Crippen LogP contribution in [0.1, 0.15) is 36.0 Å². The second kappa shape index (κ2) is 7.37. The third-order valence-electron chi connectivity index (χ3n) is 4.95. The summed E-state index contributed by atoms with van der Waals surface area (Å²) >= 11 is 0. The number of ether oxygens (including phenoxy) is 1. The molecule has 0 aliphatic carbocycles. The Labute approximate surface area is 147 Å². The van der Waals surface area contributed by atoms with E-state index in [-0.39, 0.29) is 0 Å². The van der Waals surface area contributed by atoms with Crippen LogP contribution in [0, 0.1) is 0 Å². The average molecular weight is 340 g/mol. The maximum Gasteiger partial charge on any atom is 0.231 e. The van der Waals surface area contributed by atoms with E-state index in [1.165, 1.54) is 16.5 Å². The molecule has 4 rings (SSSR count). The zero-order valence-corrected chi connectivity index (χ0v) is 14.6. The number of hydrogen-bond acceptors (Lipinski definition) is 5. The van der Waals surface area contributed by atoms with E-state index in [0.717, 1.165) is 44.2 Å². The first-order valence-electron chi connectivity index (χ1n) is 8.92. The Morgan fingerprint density at radius 1 is 1.36 bits per heavy atom. The summed E-state index contributed by atoms with van der Waals surface area (Å²) in [6, 6.07) is 8.62. The monoisotopic (exact) mass is 340 g/mol. The summed E-state index contributed by atoms with van der Waals surface area (Å²) in [4.78, 5) is 10.3. The minimum absolute atomic E-state index is 0.322. The van der Waals surface area contributed by atoms with Crippen molar-refractivity contribution in [1.29, 1.82) is 0 Å². The number of likely N-dealkylation sites (tertiary alicyclic amines) is 1. The Kier molecular flexibility index (Phi) is 4.81. The van der Waals surface area contributed by atoms with Crippen molar-refractivity contribution in [2.24, 2.45) is 0 Å². The van der Waals surface area contributed by atoms with Crippen molar-refractivity contribution in [2.75, 3.05) is 26.8 Å². The van der Waals surface area contributed by atoms with Gasteiger partial charge in [0.15, 0.2) is 5.82 Å². The minimum Gasteiger partial charge on any atom is -0.384 e. The summed E-state index contributed by atoms with van der Waals surface area (Å²) < 4.78 is 10.6. The lowest BCUT2D eigenvalue weighted by atomic mass is 9.97. The van der Waals surface area contributed by atoms with E-state index in [1.807, 2.05) is 6.20 Å². The molecule has 2 aromatic heterocycles. The summed E-state index contributed by atoms with van der Waals surface area (Å²) in [5.41, 5.74) is 2.57. The smallest absolute Gasteiger partial charge is 0.231 e. The maximum absolute atomic E-state index is 5.51. The van der Waals surface area contributed by atoms with Crippen LogP contribution in [0.25, 0.3) is 10.9 Å². The summed E-state index contributed by atoms with van der Waals surface area (Å²) in [5.74, 6) is 1.84. The average Bonchev–Trinajstić information content (AvgIpc) is 3.30. The first-order chi connectivity index (χ1) is 12.3. The molecule has 1 fully saturated rings. The number of methoxy groups -OCH3 is 1. The van der Waals surface area contributed by atoms with Crippen LogP contribution < -0.4 is 0 Å². The summed E-state index contributed by atoms with van der Waals surface area (Å²) in [5, 5.41) is 5.39. The molecule has 1 saturated heterocycles. The number of H-pyrrole nitrogens is 1. The molecule has 1 aliphatic heterocycles. The molecule has 1 unspecified atom stereocenters. The second-order valence-electron chi connectivity index (χ2n) is 6.72. The van der Waals surface area contributed by atoms with Gasteiger partial charge in [-0.1, -0.05) is 17.3 Å². The fourth-order valence-corrected chi connectivity index (χ4v) is 3.66. The van der Waals surface area contributed by atoms with E-state index >= 15 is 0 Å². The van der Waals surface area contributed by atoms with Crippen LogP contribution in [-0.4, -0.2) is 46.8 Å². The van der Waals surface area contributed by atoms with Gasteiger partial charge >= 0.3 is 0 Å². The van der Waals surface area contributed by atoms with Gasteiger partial charge in [-0.2, -0.15) is 4.98 Å². The van der Waals surface area contributed by atoms with Gasteiger partial charge in [-0.15, -0.1) is 0 Å². The van der Waals surface area contributed by atoms with Crippen LogP contribution in [0.15, 0.2) is 35.0 Å². The number of aromatic nitrogens is 3. The van der Waals surface area contributed by atoms with Crippen molar-refractivity contribution in [3.05, 3.63) is 47.7 Å². The summed E-state index contributed by atoms with van der Waals surface area (Å²) in [7, 11) is 1.69. The molecule has 0 bridgehead atoms. The molecule has 0 spiro atoms. The van der Waals surface area contributed by atoms with Crippen molar-refractivity contribution in [3.8, 4) is 0 Å². The van der Waals surface area contributed by atoms with Crippen molar-refractivity contribution < 1.29 is 9.26 Å². The lowest BCUT2D eigenvalue weighted by Crippen LogP contribution is -2.34. The Morgan fingerprint density at radius 2 is 2.32 bits per heavy atom.